The highest BCUT2D eigenvalue weighted by molar-refractivity contribution is 7.47. The lowest BCUT2D eigenvalue weighted by molar-refractivity contribution is -0.870. The van der Waals surface area contributed by atoms with Gasteiger partial charge in [-0.1, -0.05) is 167 Å². The number of phosphoric ester groups is 1. The van der Waals surface area contributed by atoms with Crippen LogP contribution in [0.15, 0.2) is 12.2 Å². The normalized spacial score (nSPS) is 13.7. The lowest BCUT2D eigenvalue weighted by atomic mass is 10.0. The van der Waals surface area contributed by atoms with E-state index >= 15 is 0 Å². The van der Waals surface area contributed by atoms with Gasteiger partial charge in [-0.05, 0) is 38.5 Å². The van der Waals surface area contributed by atoms with Crippen LogP contribution in [0.4, 0.5) is 0 Å². The quantitative estimate of drug-likeness (QED) is 0.0214. The van der Waals surface area contributed by atoms with Crippen LogP contribution in [0.3, 0.4) is 0 Å². The summed E-state index contributed by atoms with van der Waals surface area (Å²) in [5, 5.41) is 0. The topological polar surface area (TPSA) is 108 Å². The number of hydrogen-bond acceptors (Lipinski definition) is 7. The van der Waals surface area contributed by atoms with E-state index in [0.29, 0.717) is 23.9 Å². The summed E-state index contributed by atoms with van der Waals surface area (Å²) in [5.74, 6) is -0.794. The minimum absolute atomic E-state index is 0.0339. The van der Waals surface area contributed by atoms with Crippen molar-refractivity contribution in [2.45, 2.75) is 213 Å². The summed E-state index contributed by atoms with van der Waals surface area (Å²) in [4.78, 5) is 35.3. The largest absolute Gasteiger partial charge is 0.472 e. The summed E-state index contributed by atoms with van der Waals surface area (Å²) in [7, 11) is 1.48. The Hall–Kier alpha value is -1.25. The van der Waals surface area contributed by atoms with E-state index < -0.39 is 26.5 Å². The molecule has 9 nitrogen and oxygen atoms in total. The van der Waals surface area contributed by atoms with Gasteiger partial charge in [0.05, 0.1) is 27.7 Å². The highest BCUT2D eigenvalue weighted by atomic mass is 31.2. The first kappa shape index (κ1) is 52.8. The molecule has 0 saturated heterocycles. The maximum Gasteiger partial charge on any atom is 0.472 e. The lowest BCUT2D eigenvalue weighted by Gasteiger charge is -2.24. The second-order valence-electron chi connectivity index (χ2n) is 16.4. The molecule has 0 aliphatic heterocycles. The van der Waals surface area contributed by atoms with Crippen LogP contribution in [0.5, 0.6) is 0 Å². The van der Waals surface area contributed by atoms with Crippen molar-refractivity contribution in [1.82, 2.24) is 0 Å². The van der Waals surface area contributed by atoms with Crippen molar-refractivity contribution < 1.29 is 42.1 Å². The number of esters is 2. The van der Waals surface area contributed by atoms with E-state index in [2.05, 4.69) is 26.0 Å². The summed E-state index contributed by atoms with van der Waals surface area (Å²) in [6, 6.07) is 0. The van der Waals surface area contributed by atoms with Gasteiger partial charge in [-0.15, -0.1) is 0 Å². The van der Waals surface area contributed by atoms with Crippen molar-refractivity contribution in [2.24, 2.45) is 0 Å². The monoisotopic (exact) mass is 789 g/mol. The fraction of sp³-hybridized carbons (Fsp3) is 0.909. The standard InChI is InChI=1S/C44H86NO8P/c1-6-8-10-12-14-16-18-20-21-22-23-25-27-29-31-33-35-37-44(47)53-42(41-52-54(48,49)51-39-38-45(3,4)5)40-50-43(46)36-34-32-30-28-26-24-19-17-15-13-11-9-7-2/h20-21,42H,6-19,22-41H2,1-5H3/p+1/b21-20+/t42-/m1/s1. The summed E-state index contributed by atoms with van der Waals surface area (Å²) in [5.41, 5.74) is 0. The van der Waals surface area contributed by atoms with Gasteiger partial charge in [-0.25, -0.2) is 4.57 Å². The minimum Gasteiger partial charge on any atom is -0.462 e. The first-order chi connectivity index (χ1) is 26.0. The summed E-state index contributed by atoms with van der Waals surface area (Å²) in [6.45, 7) is 4.43. The van der Waals surface area contributed by atoms with E-state index in [4.69, 9.17) is 18.5 Å². The molecule has 0 rings (SSSR count). The summed E-state index contributed by atoms with van der Waals surface area (Å²) in [6.07, 6.45) is 38.2. The number of allylic oxidation sites excluding steroid dienone is 2. The molecule has 0 aliphatic rings. The molecule has 0 aliphatic carbocycles. The van der Waals surface area contributed by atoms with Crippen LogP contribution in [-0.4, -0.2) is 74.9 Å². The van der Waals surface area contributed by atoms with E-state index in [1.807, 2.05) is 21.1 Å². The number of hydrogen-bond donors (Lipinski definition) is 1. The van der Waals surface area contributed by atoms with Gasteiger partial charge in [0.25, 0.3) is 0 Å². The van der Waals surface area contributed by atoms with Gasteiger partial charge in [0, 0.05) is 12.8 Å². The molecular weight excluding hydrogens is 701 g/mol. The molecule has 0 aromatic heterocycles. The number of likely N-dealkylation sites (N-methyl/N-ethyl adjacent to an activating group) is 1. The highest BCUT2D eigenvalue weighted by Crippen LogP contribution is 2.43. The smallest absolute Gasteiger partial charge is 0.462 e. The molecule has 0 aromatic rings. The molecule has 0 amide bonds. The summed E-state index contributed by atoms with van der Waals surface area (Å²) < 4.78 is 34.3. The molecule has 0 spiro atoms. The third-order valence-corrected chi connectivity index (χ3v) is 10.8. The molecule has 2 atom stereocenters. The molecule has 0 bridgehead atoms. The summed E-state index contributed by atoms with van der Waals surface area (Å²) >= 11 is 0. The number of carbonyl (C=O) groups excluding carboxylic acids is 2. The van der Waals surface area contributed by atoms with E-state index in [9.17, 15) is 19.0 Å². The van der Waals surface area contributed by atoms with E-state index in [1.54, 1.807) is 0 Å². The number of nitrogens with zero attached hydrogens (tertiary/aromatic N) is 1. The number of carbonyl (C=O) groups is 2. The van der Waals surface area contributed by atoms with Crippen molar-refractivity contribution in [3.63, 3.8) is 0 Å². The molecule has 54 heavy (non-hydrogen) atoms. The average molecular weight is 789 g/mol. The molecule has 0 aromatic carbocycles. The van der Waals surface area contributed by atoms with Gasteiger partial charge in [0.2, 0.25) is 0 Å². The third-order valence-electron chi connectivity index (χ3n) is 9.80. The van der Waals surface area contributed by atoms with Gasteiger partial charge in [0.15, 0.2) is 6.10 Å². The Morgan fingerprint density at radius 1 is 0.556 bits per heavy atom. The molecule has 1 unspecified atom stereocenters. The zero-order valence-corrected chi connectivity index (χ0v) is 36.9. The van der Waals surface area contributed by atoms with E-state index in [-0.39, 0.29) is 25.6 Å². The Bertz CT molecular complexity index is 938. The maximum absolute atomic E-state index is 12.7. The fourth-order valence-corrected chi connectivity index (χ4v) is 6.99. The van der Waals surface area contributed by atoms with Crippen LogP contribution < -0.4 is 0 Å². The van der Waals surface area contributed by atoms with E-state index in [1.165, 1.54) is 128 Å². The average Bonchev–Trinajstić information content (AvgIpc) is 3.12. The van der Waals surface area contributed by atoms with Crippen molar-refractivity contribution >= 4 is 19.8 Å². The van der Waals surface area contributed by atoms with Crippen LogP contribution in [0.25, 0.3) is 0 Å². The van der Waals surface area contributed by atoms with Crippen LogP contribution >= 0.6 is 7.82 Å². The first-order valence-electron chi connectivity index (χ1n) is 22.4. The molecule has 0 heterocycles. The van der Waals surface area contributed by atoms with Crippen LogP contribution in [0, 0.1) is 0 Å². The zero-order chi connectivity index (χ0) is 40.0. The van der Waals surface area contributed by atoms with Crippen molar-refractivity contribution in [1.29, 1.82) is 0 Å². The molecule has 0 radical (unpaired) electrons. The Labute approximate surface area is 333 Å². The van der Waals surface area contributed by atoms with Gasteiger partial charge in [0.1, 0.15) is 19.8 Å². The van der Waals surface area contributed by atoms with Gasteiger partial charge in [-0.3, -0.25) is 18.6 Å². The Kier molecular flexibility index (Phi) is 36.5. The molecule has 0 fully saturated rings. The molecule has 1 N–H and O–H groups in total. The Morgan fingerprint density at radius 3 is 1.37 bits per heavy atom. The lowest BCUT2D eigenvalue weighted by Crippen LogP contribution is -2.37. The number of unbranched alkanes of at least 4 members (excludes halogenated alkanes) is 25. The number of ether oxygens (including phenoxy) is 2. The number of phosphoric acid groups is 1. The fourth-order valence-electron chi connectivity index (χ4n) is 6.24. The van der Waals surface area contributed by atoms with Crippen LogP contribution in [0.2, 0.25) is 0 Å². The zero-order valence-electron chi connectivity index (χ0n) is 36.0. The molecule has 0 saturated carbocycles. The second-order valence-corrected chi connectivity index (χ2v) is 17.9. The van der Waals surface area contributed by atoms with Gasteiger partial charge < -0.3 is 18.9 Å². The van der Waals surface area contributed by atoms with E-state index in [0.717, 1.165) is 44.9 Å². The van der Waals surface area contributed by atoms with Crippen LogP contribution in [-0.2, 0) is 32.7 Å². The highest BCUT2D eigenvalue weighted by Gasteiger charge is 2.27. The molecule has 320 valence electrons. The predicted octanol–water partition coefficient (Wildman–Crippen LogP) is 12.6. The Morgan fingerprint density at radius 2 is 0.944 bits per heavy atom. The van der Waals surface area contributed by atoms with Crippen molar-refractivity contribution in [3.8, 4) is 0 Å². The van der Waals surface area contributed by atoms with Crippen LogP contribution in [0.1, 0.15) is 206 Å². The minimum atomic E-state index is -4.37. The second kappa shape index (κ2) is 37.3. The van der Waals surface area contributed by atoms with Gasteiger partial charge >= 0.3 is 19.8 Å². The Balaban J connectivity index is 4.33. The number of rotatable bonds is 41. The molecule has 10 heteroatoms. The van der Waals surface area contributed by atoms with Crippen molar-refractivity contribution in [2.75, 3.05) is 47.5 Å². The maximum atomic E-state index is 12.7. The third kappa shape index (κ3) is 40.4. The predicted molar refractivity (Wildman–Crippen MR) is 224 cm³/mol. The SMILES string of the molecule is CCCCCCCC/C=C/CCCCCCCCCC(=O)O[C@H](COC(=O)CCCCCCCCCCCCCCC)COP(=O)(O)OCC[N+](C)(C)C. The number of quaternary nitrogens is 1. The van der Waals surface area contributed by atoms with Crippen molar-refractivity contribution in [3.05, 3.63) is 12.2 Å². The van der Waals surface area contributed by atoms with Gasteiger partial charge in [-0.2, -0.15) is 0 Å². The first-order valence-corrected chi connectivity index (χ1v) is 23.9. The molecular formula is C44H87NO8P+.